The maximum Gasteiger partial charge on any atom is 0.336 e. The highest BCUT2D eigenvalue weighted by molar-refractivity contribution is 6.62. The number of carbonyl (C=O) groups is 2. The summed E-state index contributed by atoms with van der Waals surface area (Å²) in [5.41, 5.74) is 2.14. The van der Waals surface area contributed by atoms with Crippen molar-refractivity contribution in [2.24, 2.45) is 0 Å². The standard InChI is InChI=1S/C4H6ClN3O2/c5-3(9)7-8-2-1-6-4(8)10/h1-2H2,(H,6,10)(H,7,9). The molecule has 0 aromatic rings. The molecule has 0 aromatic carbocycles. The molecule has 0 aliphatic carbocycles. The van der Waals surface area contributed by atoms with E-state index < -0.39 is 5.37 Å². The lowest BCUT2D eigenvalue weighted by Gasteiger charge is -2.11. The van der Waals surface area contributed by atoms with Gasteiger partial charge < -0.3 is 5.32 Å². The Balaban J connectivity index is 2.40. The molecule has 1 fully saturated rings. The highest BCUT2D eigenvalue weighted by Crippen LogP contribution is 1.92. The summed E-state index contributed by atoms with van der Waals surface area (Å²) in [6.07, 6.45) is 0. The van der Waals surface area contributed by atoms with Gasteiger partial charge in [0.25, 0.3) is 0 Å². The van der Waals surface area contributed by atoms with Gasteiger partial charge in [0.05, 0.1) is 6.54 Å². The second-order valence-electron chi connectivity index (χ2n) is 1.77. The third-order valence-electron chi connectivity index (χ3n) is 1.08. The van der Waals surface area contributed by atoms with Crippen molar-refractivity contribution < 1.29 is 9.59 Å². The molecule has 0 aromatic heterocycles. The quantitative estimate of drug-likeness (QED) is 0.418. The lowest BCUT2D eigenvalue weighted by molar-refractivity contribution is 0.195. The van der Waals surface area contributed by atoms with Crippen molar-refractivity contribution in [1.82, 2.24) is 15.8 Å². The Hall–Kier alpha value is -0.970. The predicted molar refractivity (Wildman–Crippen MR) is 34.5 cm³/mol. The van der Waals surface area contributed by atoms with Crippen molar-refractivity contribution in [3.63, 3.8) is 0 Å². The molecule has 2 N–H and O–H groups in total. The zero-order chi connectivity index (χ0) is 7.56. The number of hydrogen-bond donors (Lipinski definition) is 2. The van der Waals surface area contributed by atoms with E-state index in [1.54, 1.807) is 0 Å². The molecule has 0 radical (unpaired) electrons. The Morgan fingerprint density at radius 2 is 2.50 bits per heavy atom. The van der Waals surface area contributed by atoms with E-state index in [1.807, 2.05) is 0 Å². The minimum Gasteiger partial charge on any atom is -0.335 e. The molecule has 0 unspecified atom stereocenters. The van der Waals surface area contributed by atoms with Gasteiger partial charge in [0, 0.05) is 6.54 Å². The van der Waals surface area contributed by atoms with E-state index in [0.717, 1.165) is 5.01 Å². The number of urea groups is 1. The molecule has 3 amide bonds. The normalized spacial score (nSPS) is 16.9. The number of carbonyl (C=O) groups excluding carboxylic acids is 2. The SMILES string of the molecule is O=C(Cl)NN1CCNC1=O. The predicted octanol–water partition coefficient (Wildman–Crippen LogP) is -0.125. The van der Waals surface area contributed by atoms with Gasteiger partial charge in [0.15, 0.2) is 0 Å². The Bertz CT molecular complexity index is 172. The zero-order valence-electron chi connectivity index (χ0n) is 5.06. The van der Waals surface area contributed by atoms with Crippen LogP contribution in [0.4, 0.5) is 9.59 Å². The van der Waals surface area contributed by atoms with E-state index in [2.05, 4.69) is 10.7 Å². The lowest BCUT2D eigenvalue weighted by Crippen LogP contribution is -2.41. The van der Waals surface area contributed by atoms with Gasteiger partial charge in [0.1, 0.15) is 0 Å². The monoisotopic (exact) mass is 163 g/mol. The van der Waals surface area contributed by atoms with Crippen molar-refractivity contribution >= 4 is 23.0 Å². The van der Waals surface area contributed by atoms with Gasteiger partial charge in [-0.2, -0.15) is 0 Å². The second-order valence-corrected chi connectivity index (χ2v) is 2.11. The summed E-state index contributed by atoms with van der Waals surface area (Å²) in [5, 5.41) is 2.86. The van der Waals surface area contributed by atoms with Crippen LogP contribution in [-0.2, 0) is 0 Å². The Kier molecular flexibility index (Phi) is 1.96. The molecule has 1 rings (SSSR count). The minimum atomic E-state index is -0.753. The molecule has 56 valence electrons. The first-order valence-electron chi connectivity index (χ1n) is 2.71. The van der Waals surface area contributed by atoms with Crippen LogP contribution in [0.15, 0.2) is 0 Å². The van der Waals surface area contributed by atoms with E-state index in [0.29, 0.717) is 13.1 Å². The number of nitrogens with one attached hydrogen (secondary N) is 2. The van der Waals surface area contributed by atoms with E-state index in [1.165, 1.54) is 0 Å². The molecular formula is C4H6ClN3O2. The molecule has 1 aliphatic rings. The maximum absolute atomic E-state index is 10.7. The minimum absolute atomic E-state index is 0.325. The van der Waals surface area contributed by atoms with Crippen molar-refractivity contribution in [3.8, 4) is 0 Å². The van der Waals surface area contributed by atoms with Crippen LogP contribution in [0.25, 0.3) is 0 Å². The van der Waals surface area contributed by atoms with Crippen molar-refractivity contribution in [1.29, 1.82) is 0 Å². The van der Waals surface area contributed by atoms with Crippen LogP contribution in [0.2, 0.25) is 0 Å². The summed E-state index contributed by atoms with van der Waals surface area (Å²) in [5.74, 6) is 0. The number of amides is 3. The van der Waals surface area contributed by atoms with E-state index in [-0.39, 0.29) is 6.03 Å². The molecule has 0 spiro atoms. The molecule has 6 heteroatoms. The van der Waals surface area contributed by atoms with Gasteiger partial charge in [0.2, 0.25) is 0 Å². The van der Waals surface area contributed by atoms with Crippen LogP contribution in [-0.4, -0.2) is 29.5 Å². The highest BCUT2D eigenvalue weighted by atomic mass is 35.5. The number of rotatable bonds is 1. The van der Waals surface area contributed by atoms with Gasteiger partial charge >= 0.3 is 11.4 Å². The number of hydrogen-bond acceptors (Lipinski definition) is 2. The Morgan fingerprint density at radius 3 is 2.90 bits per heavy atom. The van der Waals surface area contributed by atoms with Gasteiger partial charge in [-0.3, -0.25) is 4.79 Å². The Morgan fingerprint density at radius 1 is 1.80 bits per heavy atom. The average Bonchev–Trinajstić information content (AvgIpc) is 2.15. The van der Waals surface area contributed by atoms with Crippen LogP contribution in [0, 0.1) is 0 Å². The third-order valence-corrected chi connectivity index (χ3v) is 1.16. The summed E-state index contributed by atoms with van der Waals surface area (Å²) in [4.78, 5) is 20.8. The van der Waals surface area contributed by atoms with E-state index in [9.17, 15) is 9.59 Å². The summed E-state index contributed by atoms with van der Waals surface area (Å²) in [7, 11) is 0. The van der Waals surface area contributed by atoms with Crippen LogP contribution in [0.3, 0.4) is 0 Å². The lowest BCUT2D eigenvalue weighted by atomic mass is 10.7. The highest BCUT2D eigenvalue weighted by Gasteiger charge is 2.19. The van der Waals surface area contributed by atoms with Gasteiger partial charge in [-0.05, 0) is 11.6 Å². The van der Waals surface area contributed by atoms with Crippen LogP contribution < -0.4 is 10.7 Å². The maximum atomic E-state index is 10.7. The summed E-state index contributed by atoms with van der Waals surface area (Å²) in [6, 6.07) is -0.325. The fourth-order valence-electron chi connectivity index (χ4n) is 0.684. The first-order chi connectivity index (χ1) is 4.70. The van der Waals surface area contributed by atoms with Gasteiger partial charge in [-0.1, -0.05) is 0 Å². The molecule has 1 aliphatic heterocycles. The van der Waals surface area contributed by atoms with Crippen LogP contribution in [0.5, 0.6) is 0 Å². The fraction of sp³-hybridized carbons (Fsp3) is 0.500. The summed E-state index contributed by atoms with van der Waals surface area (Å²) < 4.78 is 0. The largest absolute Gasteiger partial charge is 0.336 e. The topological polar surface area (TPSA) is 61.4 Å². The molecule has 1 heterocycles. The molecule has 10 heavy (non-hydrogen) atoms. The van der Waals surface area contributed by atoms with Crippen LogP contribution >= 0.6 is 11.6 Å². The Labute approximate surface area is 62.3 Å². The van der Waals surface area contributed by atoms with Gasteiger partial charge in [-0.15, -0.1) is 0 Å². The molecular weight excluding hydrogens is 158 g/mol. The van der Waals surface area contributed by atoms with E-state index >= 15 is 0 Å². The zero-order valence-corrected chi connectivity index (χ0v) is 5.81. The van der Waals surface area contributed by atoms with Gasteiger partial charge in [-0.25, -0.2) is 15.2 Å². The first-order valence-corrected chi connectivity index (χ1v) is 3.09. The number of nitrogens with zero attached hydrogens (tertiary/aromatic N) is 1. The van der Waals surface area contributed by atoms with Crippen molar-refractivity contribution in [3.05, 3.63) is 0 Å². The summed E-state index contributed by atoms with van der Waals surface area (Å²) in [6.45, 7) is 0.993. The molecule has 1 saturated heterocycles. The third kappa shape index (κ3) is 1.51. The van der Waals surface area contributed by atoms with Crippen LogP contribution in [0.1, 0.15) is 0 Å². The summed E-state index contributed by atoms with van der Waals surface area (Å²) >= 11 is 4.95. The molecule has 5 nitrogen and oxygen atoms in total. The fourth-order valence-corrected chi connectivity index (χ4v) is 0.786. The molecule has 0 bridgehead atoms. The van der Waals surface area contributed by atoms with Crippen molar-refractivity contribution in [2.45, 2.75) is 0 Å². The molecule has 0 saturated carbocycles. The van der Waals surface area contributed by atoms with Crippen molar-refractivity contribution in [2.75, 3.05) is 13.1 Å². The second kappa shape index (κ2) is 2.74. The molecule has 0 atom stereocenters. The average molecular weight is 164 g/mol. The number of hydrazine groups is 1. The number of halogens is 1. The smallest absolute Gasteiger partial charge is 0.335 e. The van der Waals surface area contributed by atoms with E-state index in [4.69, 9.17) is 11.6 Å². The first kappa shape index (κ1) is 7.14.